The Morgan fingerprint density at radius 1 is 1.11 bits per heavy atom. The van der Waals surface area contributed by atoms with Gasteiger partial charge >= 0.3 is 0 Å². The number of hydrogen-bond donors (Lipinski definition) is 2. The molecular weight excluding hydrogens is 396 g/mol. The zero-order valence-corrected chi connectivity index (χ0v) is 17.8. The number of amides is 1. The molecule has 1 saturated carbocycles. The molecule has 1 fully saturated rings. The summed E-state index contributed by atoms with van der Waals surface area (Å²) in [5.41, 5.74) is 0.653. The minimum atomic E-state index is -3.85. The van der Waals surface area contributed by atoms with Crippen molar-refractivity contribution in [2.75, 3.05) is 0 Å². The molecule has 2 aromatic carbocycles. The molecule has 1 amide bonds. The molecule has 0 heterocycles. The van der Waals surface area contributed by atoms with Crippen molar-refractivity contribution in [1.29, 1.82) is 0 Å². The van der Waals surface area contributed by atoms with Crippen LogP contribution in [0, 0.1) is 5.92 Å². The molecule has 0 aliphatic heterocycles. The van der Waals surface area contributed by atoms with E-state index in [2.05, 4.69) is 10.0 Å². The molecule has 150 valence electrons. The maximum absolute atomic E-state index is 12.9. The van der Waals surface area contributed by atoms with Crippen LogP contribution in [0.2, 0.25) is 5.02 Å². The van der Waals surface area contributed by atoms with Gasteiger partial charge in [-0.3, -0.25) is 4.79 Å². The van der Waals surface area contributed by atoms with E-state index in [1.165, 1.54) is 12.1 Å². The van der Waals surface area contributed by atoms with E-state index in [0.29, 0.717) is 5.92 Å². The molecule has 0 spiro atoms. The highest BCUT2D eigenvalue weighted by molar-refractivity contribution is 7.89. The van der Waals surface area contributed by atoms with Gasteiger partial charge < -0.3 is 5.32 Å². The molecule has 1 aliphatic rings. The van der Waals surface area contributed by atoms with Gasteiger partial charge in [-0.25, -0.2) is 13.1 Å². The van der Waals surface area contributed by atoms with Gasteiger partial charge in [0.2, 0.25) is 10.0 Å². The number of rotatable bonds is 6. The fraction of sp³-hybridized carbons (Fsp3) is 0.381. The Morgan fingerprint density at radius 2 is 1.75 bits per heavy atom. The molecule has 2 N–H and O–H groups in total. The van der Waals surface area contributed by atoms with E-state index in [9.17, 15) is 13.2 Å². The zero-order valence-electron chi connectivity index (χ0n) is 16.2. The summed E-state index contributed by atoms with van der Waals surface area (Å²) in [7, 11) is -3.85. The highest BCUT2D eigenvalue weighted by Crippen LogP contribution is 2.41. The van der Waals surface area contributed by atoms with Crippen LogP contribution in [0.4, 0.5) is 0 Å². The van der Waals surface area contributed by atoms with Crippen LogP contribution in [0.15, 0.2) is 53.4 Å². The van der Waals surface area contributed by atoms with Gasteiger partial charge in [-0.1, -0.05) is 41.9 Å². The standard InChI is InChI=1S/C21H25ClN2O3S/c1-21(2,3)24-28(26,27)18-13-16(11-12-17(18)22)20(25)23-19(15-9-10-15)14-7-5-4-6-8-14/h4-8,11-13,15,19,24H,9-10H2,1-3H3,(H,23,25). The van der Waals surface area contributed by atoms with Crippen LogP contribution in [0.1, 0.15) is 55.6 Å². The Kier molecular flexibility index (Phi) is 5.84. The number of carbonyl (C=O) groups excluding carboxylic acids is 1. The molecule has 3 rings (SSSR count). The van der Waals surface area contributed by atoms with Crippen molar-refractivity contribution < 1.29 is 13.2 Å². The van der Waals surface area contributed by atoms with Crippen molar-refractivity contribution in [2.45, 2.75) is 50.1 Å². The average molecular weight is 421 g/mol. The van der Waals surface area contributed by atoms with Crippen molar-refractivity contribution in [3.8, 4) is 0 Å². The van der Waals surface area contributed by atoms with Crippen LogP contribution in [0.25, 0.3) is 0 Å². The average Bonchev–Trinajstić information content (AvgIpc) is 3.43. The van der Waals surface area contributed by atoms with E-state index in [1.54, 1.807) is 26.8 Å². The first-order valence-electron chi connectivity index (χ1n) is 9.26. The molecule has 1 atom stereocenters. The summed E-state index contributed by atoms with van der Waals surface area (Å²) in [6, 6.07) is 14.1. The lowest BCUT2D eigenvalue weighted by Gasteiger charge is -2.21. The fourth-order valence-corrected chi connectivity index (χ4v) is 5.04. The molecule has 7 heteroatoms. The molecule has 0 bridgehead atoms. The van der Waals surface area contributed by atoms with Crippen molar-refractivity contribution in [3.05, 3.63) is 64.7 Å². The van der Waals surface area contributed by atoms with Gasteiger partial charge in [0.05, 0.1) is 11.1 Å². The molecule has 0 radical (unpaired) electrons. The van der Waals surface area contributed by atoms with Crippen molar-refractivity contribution in [2.24, 2.45) is 5.92 Å². The lowest BCUT2D eigenvalue weighted by molar-refractivity contribution is 0.0931. The third kappa shape index (κ3) is 5.13. The first kappa shape index (κ1) is 20.8. The normalized spacial score (nSPS) is 15.9. The van der Waals surface area contributed by atoms with E-state index < -0.39 is 15.6 Å². The van der Waals surface area contributed by atoms with Crippen molar-refractivity contribution >= 4 is 27.5 Å². The first-order chi connectivity index (χ1) is 13.1. The summed E-state index contributed by atoms with van der Waals surface area (Å²) in [4.78, 5) is 12.8. The summed E-state index contributed by atoms with van der Waals surface area (Å²) >= 11 is 6.13. The van der Waals surface area contributed by atoms with E-state index in [0.717, 1.165) is 18.4 Å². The van der Waals surface area contributed by atoms with Gasteiger partial charge in [-0.2, -0.15) is 0 Å². The summed E-state index contributed by atoms with van der Waals surface area (Å²) < 4.78 is 27.9. The van der Waals surface area contributed by atoms with Gasteiger partial charge in [0.15, 0.2) is 0 Å². The topological polar surface area (TPSA) is 75.3 Å². The van der Waals surface area contributed by atoms with Crippen LogP contribution >= 0.6 is 11.6 Å². The molecular formula is C21H25ClN2O3S. The highest BCUT2D eigenvalue weighted by Gasteiger charge is 2.34. The molecule has 5 nitrogen and oxygen atoms in total. The lowest BCUT2D eigenvalue weighted by atomic mass is 10.0. The number of benzene rings is 2. The zero-order chi connectivity index (χ0) is 20.5. The number of hydrogen-bond acceptors (Lipinski definition) is 3. The number of carbonyl (C=O) groups is 1. The van der Waals surface area contributed by atoms with Crippen molar-refractivity contribution in [3.63, 3.8) is 0 Å². The van der Waals surface area contributed by atoms with E-state index in [4.69, 9.17) is 11.6 Å². The second-order valence-electron chi connectivity index (χ2n) is 8.20. The Balaban J connectivity index is 1.86. The number of nitrogens with one attached hydrogen (secondary N) is 2. The maximum Gasteiger partial charge on any atom is 0.251 e. The molecule has 1 unspecified atom stereocenters. The Labute approximate surface area is 171 Å². The van der Waals surface area contributed by atoms with Gasteiger partial charge in [0.25, 0.3) is 5.91 Å². The third-order valence-corrected chi connectivity index (χ3v) is 6.70. The van der Waals surface area contributed by atoms with Gasteiger partial charge in [0.1, 0.15) is 4.90 Å². The van der Waals surface area contributed by atoms with E-state index in [-0.39, 0.29) is 27.4 Å². The summed E-state index contributed by atoms with van der Waals surface area (Å²) in [5, 5.41) is 3.14. The van der Waals surface area contributed by atoms with Crippen LogP contribution in [0.3, 0.4) is 0 Å². The minimum absolute atomic E-state index is 0.0788. The fourth-order valence-electron chi connectivity index (χ4n) is 3.10. The third-order valence-electron chi connectivity index (χ3n) is 4.46. The van der Waals surface area contributed by atoms with E-state index >= 15 is 0 Å². The Hall–Kier alpha value is -1.89. The van der Waals surface area contributed by atoms with Crippen LogP contribution in [-0.2, 0) is 10.0 Å². The molecule has 28 heavy (non-hydrogen) atoms. The summed E-state index contributed by atoms with van der Waals surface area (Å²) in [5.74, 6) is 0.0917. The molecule has 1 aliphatic carbocycles. The van der Waals surface area contributed by atoms with Crippen LogP contribution in [-0.4, -0.2) is 19.9 Å². The highest BCUT2D eigenvalue weighted by atomic mass is 35.5. The second kappa shape index (κ2) is 7.85. The quantitative estimate of drug-likeness (QED) is 0.731. The molecule has 0 saturated heterocycles. The number of halogens is 1. The first-order valence-corrected chi connectivity index (χ1v) is 11.1. The van der Waals surface area contributed by atoms with Crippen LogP contribution < -0.4 is 10.0 Å². The molecule has 2 aromatic rings. The van der Waals surface area contributed by atoms with Gasteiger partial charge in [-0.05, 0) is 63.3 Å². The van der Waals surface area contributed by atoms with Gasteiger partial charge in [-0.15, -0.1) is 0 Å². The predicted octanol–water partition coefficient (Wildman–Crippen LogP) is 4.30. The van der Waals surface area contributed by atoms with Crippen LogP contribution in [0.5, 0.6) is 0 Å². The Bertz CT molecular complexity index is 965. The largest absolute Gasteiger partial charge is 0.345 e. The minimum Gasteiger partial charge on any atom is -0.345 e. The SMILES string of the molecule is CC(C)(C)NS(=O)(=O)c1cc(C(=O)NC(c2ccccc2)C2CC2)ccc1Cl. The summed E-state index contributed by atoms with van der Waals surface area (Å²) in [6.45, 7) is 5.24. The lowest BCUT2D eigenvalue weighted by Crippen LogP contribution is -2.40. The number of sulfonamides is 1. The Morgan fingerprint density at radius 3 is 2.32 bits per heavy atom. The van der Waals surface area contributed by atoms with E-state index in [1.807, 2.05) is 30.3 Å². The summed E-state index contributed by atoms with van der Waals surface area (Å²) in [6.07, 6.45) is 2.13. The van der Waals surface area contributed by atoms with Gasteiger partial charge in [0, 0.05) is 11.1 Å². The van der Waals surface area contributed by atoms with Crippen molar-refractivity contribution in [1.82, 2.24) is 10.0 Å². The molecule has 0 aromatic heterocycles. The predicted molar refractivity (Wildman–Crippen MR) is 111 cm³/mol. The smallest absolute Gasteiger partial charge is 0.251 e. The maximum atomic E-state index is 12.9. The second-order valence-corrected chi connectivity index (χ2v) is 10.3. The monoisotopic (exact) mass is 420 g/mol.